The summed E-state index contributed by atoms with van der Waals surface area (Å²) in [7, 11) is 1.92. The molecular weight excluding hydrogens is 340 g/mol. The zero-order chi connectivity index (χ0) is 19.4. The summed E-state index contributed by atoms with van der Waals surface area (Å²) in [5.74, 6) is 1.03. The standard InChI is InChI=1S/C20H30N6O/c1-14(19-15(2)24-25(4)16(19)3)23-20(27)22-13-17-8-9-18(21-12-17)26-10-6-5-7-11-26/h8-9,12,14H,5-7,10-11,13H2,1-4H3,(H2,22,23,27). The van der Waals surface area contributed by atoms with Crippen LogP contribution in [0.25, 0.3) is 0 Å². The van der Waals surface area contributed by atoms with E-state index in [4.69, 9.17) is 0 Å². The number of aromatic nitrogens is 3. The number of amides is 2. The lowest BCUT2D eigenvalue weighted by atomic mass is 10.1. The van der Waals surface area contributed by atoms with E-state index in [2.05, 4.69) is 25.6 Å². The van der Waals surface area contributed by atoms with Gasteiger partial charge in [-0.05, 0) is 51.7 Å². The Kier molecular flexibility index (Phi) is 5.98. The summed E-state index contributed by atoms with van der Waals surface area (Å²) in [6.07, 6.45) is 5.63. The van der Waals surface area contributed by atoms with Gasteiger partial charge < -0.3 is 15.5 Å². The van der Waals surface area contributed by atoms with Crippen molar-refractivity contribution in [2.75, 3.05) is 18.0 Å². The third-order valence-electron chi connectivity index (χ3n) is 5.29. The van der Waals surface area contributed by atoms with Crippen LogP contribution in [-0.4, -0.2) is 33.9 Å². The molecule has 1 aliphatic heterocycles. The average molecular weight is 371 g/mol. The van der Waals surface area contributed by atoms with Crippen LogP contribution in [0.1, 0.15) is 54.7 Å². The molecule has 0 aromatic carbocycles. The molecule has 0 radical (unpaired) electrons. The summed E-state index contributed by atoms with van der Waals surface area (Å²) in [5, 5.41) is 10.3. The maximum Gasteiger partial charge on any atom is 0.315 e. The Balaban J connectivity index is 1.51. The highest BCUT2D eigenvalue weighted by Gasteiger charge is 2.18. The van der Waals surface area contributed by atoms with E-state index in [1.165, 1.54) is 19.3 Å². The fraction of sp³-hybridized carbons (Fsp3) is 0.550. The molecule has 7 nitrogen and oxygen atoms in total. The first kappa shape index (κ1) is 19.2. The number of hydrogen-bond donors (Lipinski definition) is 2. The van der Waals surface area contributed by atoms with Crippen molar-refractivity contribution in [2.45, 2.75) is 52.6 Å². The van der Waals surface area contributed by atoms with Crippen LogP contribution in [-0.2, 0) is 13.6 Å². The van der Waals surface area contributed by atoms with Gasteiger partial charge in [-0.15, -0.1) is 0 Å². The van der Waals surface area contributed by atoms with Crippen molar-refractivity contribution >= 4 is 11.8 Å². The highest BCUT2D eigenvalue weighted by molar-refractivity contribution is 5.74. The van der Waals surface area contributed by atoms with Crippen molar-refractivity contribution in [3.63, 3.8) is 0 Å². The number of aryl methyl sites for hydroxylation is 2. The molecule has 1 aliphatic rings. The van der Waals surface area contributed by atoms with E-state index in [9.17, 15) is 4.79 Å². The Hall–Kier alpha value is -2.57. The van der Waals surface area contributed by atoms with Crippen LogP contribution in [0.15, 0.2) is 18.3 Å². The minimum Gasteiger partial charge on any atom is -0.357 e. The summed E-state index contributed by atoms with van der Waals surface area (Å²) in [6.45, 7) is 8.58. The molecule has 1 atom stereocenters. The summed E-state index contributed by atoms with van der Waals surface area (Å²) in [4.78, 5) is 19.2. The molecule has 7 heteroatoms. The number of rotatable bonds is 5. The van der Waals surface area contributed by atoms with E-state index in [1.54, 1.807) is 0 Å². The lowest BCUT2D eigenvalue weighted by molar-refractivity contribution is 0.237. The van der Waals surface area contributed by atoms with E-state index in [0.29, 0.717) is 6.54 Å². The van der Waals surface area contributed by atoms with Crippen LogP contribution in [0.5, 0.6) is 0 Å². The van der Waals surface area contributed by atoms with Crippen molar-refractivity contribution in [3.05, 3.63) is 40.8 Å². The van der Waals surface area contributed by atoms with Gasteiger partial charge in [0, 0.05) is 44.1 Å². The molecule has 27 heavy (non-hydrogen) atoms. The van der Waals surface area contributed by atoms with Gasteiger partial charge in [-0.3, -0.25) is 4.68 Å². The second kappa shape index (κ2) is 8.41. The van der Waals surface area contributed by atoms with Gasteiger partial charge in [0.1, 0.15) is 5.82 Å². The molecule has 0 aliphatic carbocycles. The number of urea groups is 1. The zero-order valence-electron chi connectivity index (χ0n) is 16.7. The Labute approximate surface area is 161 Å². The Morgan fingerprint density at radius 3 is 2.56 bits per heavy atom. The van der Waals surface area contributed by atoms with Crippen molar-refractivity contribution in [3.8, 4) is 0 Å². The molecular formula is C20H30N6O. The lowest BCUT2D eigenvalue weighted by Gasteiger charge is -2.27. The lowest BCUT2D eigenvalue weighted by Crippen LogP contribution is -2.37. The molecule has 1 unspecified atom stereocenters. The smallest absolute Gasteiger partial charge is 0.315 e. The first-order chi connectivity index (χ1) is 13.0. The first-order valence-corrected chi connectivity index (χ1v) is 9.70. The van der Waals surface area contributed by atoms with Crippen molar-refractivity contribution < 1.29 is 4.79 Å². The molecule has 146 valence electrons. The van der Waals surface area contributed by atoms with Crippen molar-refractivity contribution in [1.82, 2.24) is 25.4 Å². The number of nitrogens with zero attached hydrogens (tertiary/aromatic N) is 4. The predicted octanol–water partition coefficient (Wildman–Crippen LogP) is 2.98. The van der Waals surface area contributed by atoms with E-state index in [-0.39, 0.29) is 12.1 Å². The van der Waals surface area contributed by atoms with Gasteiger partial charge in [0.15, 0.2) is 0 Å². The summed E-state index contributed by atoms with van der Waals surface area (Å²) >= 11 is 0. The van der Waals surface area contributed by atoms with Crippen molar-refractivity contribution in [1.29, 1.82) is 0 Å². The quantitative estimate of drug-likeness (QED) is 0.848. The van der Waals surface area contributed by atoms with Crippen LogP contribution in [0.3, 0.4) is 0 Å². The molecule has 0 saturated carbocycles. The second-order valence-corrected chi connectivity index (χ2v) is 7.33. The van der Waals surface area contributed by atoms with Gasteiger partial charge in [0.05, 0.1) is 11.7 Å². The van der Waals surface area contributed by atoms with E-state index in [1.807, 2.05) is 50.8 Å². The largest absolute Gasteiger partial charge is 0.357 e. The van der Waals surface area contributed by atoms with Crippen LogP contribution < -0.4 is 15.5 Å². The van der Waals surface area contributed by atoms with E-state index >= 15 is 0 Å². The second-order valence-electron chi connectivity index (χ2n) is 7.33. The number of hydrogen-bond acceptors (Lipinski definition) is 4. The van der Waals surface area contributed by atoms with Gasteiger partial charge in [0.25, 0.3) is 0 Å². The van der Waals surface area contributed by atoms with Crippen LogP contribution in [0.2, 0.25) is 0 Å². The van der Waals surface area contributed by atoms with E-state index in [0.717, 1.165) is 41.4 Å². The Bertz CT molecular complexity index is 777. The topological polar surface area (TPSA) is 75.1 Å². The van der Waals surface area contributed by atoms with Gasteiger partial charge in [-0.25, -0.2) is 9.78 Å². The molecule has 2 N–H and O–H groups in total. The number of carbonyl (C=O) groups is 1. The monoisotopic (exact) mass is 370 g/mol. The molecule has 2 aromatic heterocycles. The van der Waals surface area contributed by atoms with Crippen LogP contribution in [0.4, 0.5) is 10.6 Å². The number of nitrogens with one attached hydrogen (secondary N) is 2. The molecule has 0 bridgehead atoms. The normalized spacial score (nSPS) is 15.5. The maximum absolute atomic E-state index is 12.3. The fourth-order valence-corrected chi connectivity index (χ4v) is 3.75. The molecule has 1 saturated heterocycles. The zero-order valence-corrected chi connectivity index (χ0v) is 16.7. The maximum atomic E-state index is 12.3. The van der Waals surface area contributed by atoms with Crippen molar-refractivity contribution in [2.24, 2.45) is 7.05 Å². The molecule has 1 fully saturated rings. The van der Waals surface area contributed by atoms with Gasteiger partial charge >= 0.3 is 6.03 Å². The third kappa shape index (κ3) is 4.59. The minimum absolute atomic E-state index is 0.0988. The summed E-state index contributed by atoms with van der Waals surface area (Å²) < 4.78 is 1.84. The minimum atomic E-state index is -0.190. The highest BCUT2D eigenvalue weighted by Crippen LogP contribution is 2.20. The number of anilines is 1. The summed E-state index contributed by atoms with van der Waals surface area (Å²) in [5.41, 5.74) is 4.07. The predicted molar refractivity (Wildman–Crippen MR) is 107 cm³/mol. The van der Waals surface area contributed by atoms with Crippen LogP contribution >= 0.6 is 0 Å². The van der Waals surface area contributed by atoms with Gasteiger partial charge in [0.2, 0.25) is 0 Å². The summed E-state index contributed by atoms with van der Waals surface area (Å²) in [6, 6.07) is 3.80. The fourth-order valence-electron chi connectivity index (χ4n) is 3.75. The molecule has 2 amide bonds. The highest BCUT2D eigenvalue weighted by atomic mass is 16.2. The number of carbonyl (C=O) groups excluding carboxylic acids is 1. The molecule has 3 heterocycles. The number of pyridine rings is 1. The average Bonchev–Trinajstić information content (AvgIpc) is 2.93. The van der Waals surface area contributed by atoms with E-state index < -0.39 is 0 Å². The molecule has 2 aromatic rings. The van der Waals surface area contributed by atoms with Gasteiger partial charge in [-0.1, -0.05) is 6.07 Å². The Morgan fingerprint density at radius 1 is 1.22 bits per heavy atom. The molecule has 0 spiro atoms. The Morgan fingerprint density at radius 2 is 1.96 bits per heavy atom. The number of piperidine rings is 1. The van der Waals surface area contributed by atoms with Crippen LogP contribution in [0, 0.1) is 13.8 Å². The molecule has 3 rings (SSSR count). The third-order valence-corrected chi connectivity index (χ3v) is 5.29. The van der Waals surface area contributed by atoms with Gasteiger partial charge in [-0.2, -0.15) is 5.10 Å². The first-order valence-electron chi connectivity index (χ1n) is 9.70. The SMILES string of the molecule is Cc1nn(C)c(C)c1C(C)NC(=O)NCc1ccc(N2CCCCC2)nc1.